The zero-order valence-electron chi connectivity index (χ0n) is 18.9. The lowest BCUT2D eigenvalue weighted by molar-refractivity contribution is -0.118. The van der Waals surface area contributed by atoms with E-state index in [1.807, 2.05) is 48.5 Å². The number of amides is 1. The van der Waals surface area contributed by atoms with E-state index in [0.717, 1.165) is 16.9 Å². The molecular weight excluding hydrogens is 476 g/mol. The molecule has 0 bridgehead atoms. The van der Waals surface area contributed by atoms with Gasteiger partial charge in [-0.1, -0.05) is 72.3 Å². The summed E-state index contributed by atoms with van der Waals surface area (Å²) >= 11 is 7.63. The molecule has 174 valence electrons. The molecule has 6 heteroatoms. The van der Waals surface area contributed by atoms with Gasteiger partial charge in [0.25, 0.3) is 0 Å². The summed E-state index contributed by atoms with van der Waals surface area (Å²) < 4.78 is 5.80. The Morgan fingerprint density at radius 3 is 2.29 bits per heavy atom. The van der Waals surface area contributed by atoms with Crippen LogP contribution in [0, 0.1) is 0 Å². The summed E-state index contributed by atoms with van der Waals surface area (Å²) in [6.45, 7) is 0.442. The van der Waals surface area contributed by atoms with Gasteiger partial charge >= 0.3 is 0 Å². The van der Waals surface area contributed by atoms with Crippen molar-refractivity contribution in [1.82, 2.24) is 5.43 Å². The molecule has 1 aliphatic carbocycles. The van der Waals surface area contributed by atoms with Gasteiger partial charge in [-0.25, -0.2) is 5.43 Å². The number of ether oxygens (including phenoxy) is 1. The summed E-state index contributed by atoms with van der Waals surface area (Å²) in [4.78, 5) is 12.4. The van der Waals surface area contributed by atoms with Crippen molar-refractivity contribution in [3.05, 3.63) is 124 Å². The van der Waals surface area contributed by atoms with Crippen molar-refractivity contribution in [2.24, 2.45) is 5.10 Å². The van der Waals surface area contributed by atoms with Crippen LogP contribution in [0.5, 0.6) is 5.75 Å². The Morgan fingerprint density at radius 1 is 0.914 bits per heavy atom. The van der Waals surface area contributed by atoms with Gasteiger partial charge < -0.3 is 4.74 Å². The van der Waals surface area contributed by atoms with Gasteiger partial charge in [0.2, 0.25) is 5.91 Å². The SMILES string of the molecule is O=C(CSC1c2ccccc2-c2ccccc21)N/N=C/c1ccc(OCc2cccc(Cl)c2)cc1. The van der Waals surface area contributed by atoms with Crippen LogP contribution in [0.15, 0.2) is 102 Å². The minimum absolute atomic E-state index is 0.130. The van der Waals surface area contributed by atoms with Gasteiger partial charge in [0, 0.05) is 5.02 Å². The number of rotatable bonds is 8. The molecule has 0 heterocycles. The van der Waals surface area contributed by atoms with Crippen molar-refractivity contribution < 1.29 is 9.53 Å². The van der Waals surface area contributed by atoms with Crippen molar-refractivity contribution in [2.45, 2.75) is 11.9 Å². The summed E-state index contributed by atoms with van der Waals surface area (Å²) in [6, 6.07) is 31.9. The second-order valence-corrected chi connectivity index (χ2v) is 9.68. The van der Waals surface area contributed by atoms with Crippen LogP contribution in [0.1, 0.15) is 27.5 Å². The maximum absolute atomic E-state index is 12.4. The minimum Gasteiger partial charge on any atom is -0.489 e. The Bertz CT molecular complexity index is 1330. The van der Waals surface area contributed by atoms with E-state index in [1.165, 1.54) is 22.3 Å². The van der Waals surface area contributed by atoms with Crippen LogP contribution < -0.4 is 10.2 Å². The molecule has 0 spiro atoms. The molecule has 4 aromatic rings. The van der Waals surface area contributed by atoms with E-state index in [2.05, 4.69) is 59.1 Å². The molecule has 35 heavy (non-hydrogen) atoms. The zero-order chi connectivity index (χ0) is 24.0. The smallest absolute Gasteiger partial charge is 0.250 e. The first-order chi connectivity index (χ1) is 17.2. The lowest BCUT2D eigenvalue weighted by atomic mass is 10.1. The Hall–Kier alpha value is -3.54. The number of hydrazone groups is 1. The number of hydrogen-bond acceptors (Lipinski definition) is 4. The van der Waals surface area contributed by atoms with E-state index >= 15 is 0 Å². The fourth-order valence-electron chi connectivity index (χ4n) is 4.10. The highest BCUT2D eigenvalue weighted by molar-refractivity contribution is 8.00. The van der Waals surface area contributed by atoms with Gasteiger partial charge in [-0.2, -0.15) is 5.10 Å². The highest BCUT2D eigenvalue weighted by Gasteiger charge is 2.28. The van der Waals surface area contributed by atoms with E-state index < -0.39 is 0 Å². The fourth-order valence-corrected chi connectivity index (χ4v) is 5.47. The molecule has 1 aliphatic rings. The van der Waals surface area contributed by atoms with Crippen LogP contribution in [-0.2, 0) is 11.4 Å². The first kappa shape index (κ1) is 23.2. The molecular formula is C29H23ClN2O2S. The minimum atomic E-state index is -0.130. The number of thioether (sulfide) groups is 1. The molecule has 0 radical (unpaired) electrons. The van der Waals surface area contributed by atoms with Gasteiger partial charge in [-0.3, -0.25) is 4.79 Å². The summed E-state index contributed by atoms with van der Waals surface area (Å²) in [5.41, 5.74) is 9.52. The normalized spacial score (nSPS) is 12.4. The van der Waals surface area contributed by atoms with E-state index in [0.29, 0.717) is 17.4 Å². The van der Waals surface area contributed by atoms with Crippen LogP contribution in [-0.4, -0.2) is 17.9 Å². The number of fused-ring (bicyclic) bond motifs is 3. The Balaban J connectivity index is 1.12. The quantitative estimate of drug-likeness (QED) is 0.213. The second kappa shape index (κ2) is 10.8. The van der Waals surface area contributed by atoms with E-state index in [1.54, 1.807) is 18.0 Å². The number of nitrogens with zero attached hydrogens (tertiary/aromatic N) is 1. The van der Waals surface area contributed by atoms with Crippen LogP contribution in [0.4, 0.5) is 0 Å². The number of benzene rings is 4. The standard InChI is InChI=1S/C29H23ClN2O2S/c30-22-7-5-6-21(16-22)18-34-23-14-12-20(13-15-23)17-31-32-28(33)19-35-29-26-10-3-1-8-24(26)25-9-2-4-11-27(25)29/h1-17,29H,18-19H2,(H,32,33)/b31-17+. The van der Waals surface area contributed by atoms with Crippen molar-refractivity contribution in [1.29, 1.82) is 0 Å². The molecule has 1 amide bonds. The lowest BCUT2D eigenvalue weighted by Crippen LogP contribution is -2.20. The highest BCUT2D eigenvalue weighted by atomic mass is 35.5. The first-order valence-electron chi connectivity index (χ1n) is 11.3. The van der Waals surface area contributed by atoms with Gasteiger partial charge in [-0.05, 0) is 69.8 Å². The Kier molecular flexibility index (Phi) is 7.17. The summed E-state index contributed by atoms with van der Waals surface area (Å²) in [7, 11) is 0. The number of carbonyl (C=O) groups is 1. The predicted octanol–water partition coefficient (Wildman–Crippen LogP) is 6.87. The highest BCUT2D eigenvalue weighted by Crippen LogP contribution is 2.49. The molecule has 0 unspecified atom stereocenters. The summed E-state index contributed by atoms with van der Waals surface area (Å²) in [6.07, 6.45) is 1.63. The Morgan fingerprint density at radius 2 is 1.60 bits per heavy atom. The van der Waals surface area contributed by atoms with Gasteiger partial charge in [0.15, 0.2) is 0 Å². The van der Waals surface area contributed by atoms with Crippen LogP contribution >= 0.6 is 23.4 Å². The monoisotopic (exact) mass is 498 g/mol. The second-order valence-electron chi connectivity index (χ2n) is 8.15. The third-order valence-corrected chi connectivity index (χ3v) is 7.24. The van der Waals surface area contributed by atoms with Gasteiger partial charge in [0.05, 0.1) is 17.2 Å². The average Bonchev–Trinajstić information content (AvgIpc) is 3.21. The first-order valence-corrected chi connectivity index (χ1v) is 12.7. The molecule has 0 aliphatic heterocycles. The van der Waals surface area contributed by atoms with Crippen LogP contribution in [0.25, 0.3) is 11.1 Å². The Labute approximate surface area is 214 Å². The lowest BCUT2D eigenvalue weighted by Gasteiger charge is -2.12. The molecule has 4 nitrogen and oxygen atoms in total. The third kappa shape index (κ3) is 5.59. The van der Waals surface area contributed by atoms with Crippen molar-refractivity contribution >= 4 is 35.5 Å². The molecule has 0 fully saturated rings. The molecule has 5 rings (SSSR count). The molecule has 4 aromatic carbocycles. The fraction of sp³-hybridized carbons (Fsp3) is 0.103. The predicted molar refractivity (Wildman–Crippen MR) is 144 cm³/mol. The van der Waals surface area contributed by atoms with Crippen molar-refractivity contribution in [2.75, 3.05) is 5.75 Å². The number of halogens is 1. The average molecular weight is 499 g/mol. The topological polar surface area (TPSA) is 50.7 Å². The van der Waals surface area contributed by atoms with Crippen molar-refractivity contribution in [3.8, 4) is 16.9 Å². The van der Waals surface area contributed by atoms with Crippen LogP contribution in [0.3, 0.4) is 0 Å². The number of hydrogen-bond donors (Lipinski definition) is 1. The summed E-state index contributed by atoms with van der Waals surface area (Å²) in [5, 5.41) is 4.96. The number of carbonyl (C=O) groups excluding carboxylic acids is 1. The third-order valence-electron chi connectivity index (χ3n) is 5.74. The number of nitrogens with one attached hydrogen (secondary N) is 1. The maximum atomic E-state index is 12.4. The van der Waals surface area contributed by atoms with E-state index in [9.17, 15) is 4.79 Å². The maximum Gasteiger partial charge on any atom is 0.250 e. The van der Waals surface area contributed by atoms with E-state index in [-0.39, 0.29) is 11.2 Å². The molecule has 0 aromatic heterocycles. The largest absolute Gasteiger partial charge is 0.489 e. The summed E-state index contributed by atoms with van der Waals surface area (Å²) in [5.74, 6) is 0.940. The molecule has 0 saturated heterocycles. The van der Waals surface area contributed by atoms with Crippen LogP contribution in [0.2, 0.25) is 5.02 Å². The molecule has 0 atom stereocenters. The van der Waals surface area contributed by atoms with Crippen molar-refractivity contribution in [3.63, 3.8) is 0 Å². The molecule has 0 saturated carbocycles. The van der Waals surface area contributed by atoms with Gasteiger partial charge in [-0.15, -0.1) is 11.8 Å². The zero-order valence-corrected chi connectivity index (χ0v) is 20.4. The van der Waals surface area contributed by atoms with Gasteiger partial charge in [0.1, 0.15) is 12.4 Å². The van der Waals surface area contributed by atoms with E-state index in [4.69, 9.17) is 16.3 Å². The molecule has 1 N–H and O–H groups in total.